The number of hydrogen-bond donors (Lipinski definition) is 1. The highest BCUT2D eigenvalue weighted by atomic mass is 16.5. The number of rotatable bonds is 6. The third-order valence-corrected chi connectivity index (χ3v) is 3.77. The van der Waals surface area contributed by atoms with Crippen molar-refractivity contribution in [2.75, 3.05) is 58.3 Å². The molecule has 1 aliphatic heterocycles. The third kappa shape index (κ3) is 5.36. The maximum absolute atomic E-state index is 12.3. The molecule has 5 nitrogen and oxygen atoms in total. The van der Waals surface area contributed by atoms with Crippen molar-refractivity contribution in [1.29, 1.82) is 0 Å². The first-order valence-corrected chi connectivity index (χ1v) is 7.57. The molecule has 21 heavy (non-hydrogen) atoms. The minimum absolute atomic E-state index is 0.174. The molecule has 1 amide bonds. The second-order valence-corrected chi connectivity index (χ2v) is 5.29. The quantitative estimate of drug-likeness (QED) is 0.857. The van der Waals surface area contributed by atoms with Gasteiger partial charge in [0.25, 0.3) is 0 Å². The molecule has 116 valence electrons. The normalized spacial score (nSPS) is 16.5. The SMILES string of the molecule is COCCN1CCCN(C(=O)CNc2ccccc2)CC1. The average Bonchev–Trinajstić information content (AvgIpc) is 2.77. The van der Waals surface area contributed by atoms with Crippen LogP contribution in [0.2, 0.25) is 0 Å². The number of carbonyl (C=O) groups excluding carboxylic acids is 1. The Kier molecular flexibility index (Phi) is 6.50. The lowest BCUT2D eigenvalue weighted by molar-refractivity contribution is -0.129. The van der Waals surface area contributed by atoms with Crippen LogP contribution < -0.4 is 5.32 Å². The summed E-state index contributed by atoms with van der Waals surface area (Å²) in [5.41, 5.74) is 0.988. The Labute approximate surface area is 126 Å². The average molecular weight is 291 g/mol. The van der Waals surface area contributed by atoms with Gasteiger partial charge in [-0.25, -0.2) is 0 Å². The van der Waals surface area contributed by atoms with E-state index in [9.17, 15) is 4.79 Å². The predicted molar refractivity (Wildman–Crippen MR) is 84.4 cm³/mol. The summed E-state index contributed by atoms with van der Waals surface area (Å²) in [6.45, 7) is 5.68. The zero-order chi connectivity index (χ0) is 14.9. The van der Waals surface area contributed by atoms with E-state index in [0.717, 1.165) is 51.4 Å². The van der Waals surface area contributed by atoms with E-state index in [-0.39, 0.29) is 5.91 Å². The number of para-hydroxylation sites is 1. The van der Waals surface area contributed by atoms with Gasteiger partial charge in [-0.05, 0) is 25.1 Å². The van der Waals surface area contributed by atoms with Crippen molar-refractivity contribution in [2.45, 2.75) is 6.42 Å². The maximum Gasteiger partial charge on any atom is 0.241 e. The molecular weight excluding hydrogens is 266 g/mol. The molecule has 1 saturated heterocycles. The summed E-state index contributed by atoms with van der Waals surface area (Å²) in [7, 11) is 1.73. The van der Waals surface area contributed by atoms with Crippen molar-refractivity contribution in [1.82, 2.24) is 9.80 Å². The fourth-order valence-electron chi connectivity index (χ4n) is 2.51. The van der Waals surface area contributed by atoms with Gasteiger partial charge in [-0.3, -0.25) is 9.69 Å². The van der Waals surface area contributed by atoms with Crippen molar-refractivity contribution < 1.29 is 9.53 Å². The van der Waals surface area contributed by atoms with Gasteiger partial charge in [-0.15, -0.1) is 0 Å². The molecule has 1 aliphatic rings. The second kappa shape index (κ2) is 8.64. The van der Waals surface area contributed by atoms with Crippen LogP contribution in [0.4, 0.5) is 5.69 Å². The largest absolute Gasteiger partial charge is 0.383 e. The number of hydrogen-bond acceptors (Lipinski definition) is 4. The van der Waals surface area contributed by atoms with E-state index < -0.39 is 0 Å². The molecule has 1 fully saturated rings. The fraction of sp³-hybridized carbons (Fsp3) is 0.562. The van der Waals surface area contributed by atoms with Crippen LogP contribution in [0.3, 0.4) is 0 Å². The molecule has 0 radical (unpaired) electrons. The van der Waals surface area contributed by atoms with Gasteiger partial charge in [0, 0.05) is 39.0 Å². The molecule has 1 heterocycles. The van der Waals surface area contributed by atoms with E-state index in [2.05, 4.69) is 10.2 Å². The summed E-state index contributed by atoms with van der Waals surface area (Å²) >= 11 is 0. The summed E-state index contributed by atoms with van der Waals surface area (Å²) in [6, 6.07) is 9.85. The van der Waals surface area contributed by atoms with Crippen molar-refractivity contribution in [3.63, 3.8) is 0 Å². The highest BCUT2D eigenvalue weighted by Gasteiger charge is 2.18. The molecule has 0 aliphatic carbocycles. The highest BCUT2D eigenvalue weighted by molar-refractivity contribution is 5.80. The van der Waals surface area contributed by atoms with Gasteiger partial charge < -0.3 is 15.0 Å². The molecule has 1 N–H and O–H groups in total. The monoisotopic (exact) mass is 291 g/mol. The zero-order valence-corrected chi connectivity index (χ0v) is 12.8. The predicted octanol–water partition coefficient (Wildman–Crippen LogP) is 1.28. The van der Waals surface area contributed by atoms with Gasteiger partial charge in [-0.2, -0.15) is 0 Å². The molecule has 5 heteroatoms. The van der Waals surface area contributed by atoms with Gasteiger partial charge in [0.1, 0.15) is 0 Å². The number of nitrogens with zero attached hydrogens (tertiary/aromatic N) is 2. The molecule has 0 unspecified atom stereocenters. The molecule has 0 atom stereocenters. The van der Waals surface area contributed by atoms with Crippen LogP contribution in [0.25, 0.3) is 0 Å². The Hall–Kier alpha value is -1.59. The topological polar surface area (TPSA) is 44.8 Å². The molecular formula is C16H25N3O2. The van der Waals surface area contributed by atoms with Crippen LogP contribution in [0, 0.1) is 0 Å². The van der Waals surface area contributed by atoms with Crippen molar-refractivity contribution in [3.05, 3.63) is 30.3 Å². The molecule has 0 spiro atoms. The smallest absolute Gasteiger partial charge is 0.241 e. The summed E-state index contributed by atoms with van der Waals surface area (Å²) in [6.07, 6.45) is 1.03. The second-order valence-electron chi connectivity index (χ2n) is 5.29. The number of benzene rings is 1. The lowest BCUT2D eigenvalue weighted by Crippen LogP contribution is -2.38. The number of amides is 1. The van der Waals surface area contributed by atoms with Crippen LogP contribution in [-0.2, 0) is 9.53 Å². The zero-order valence-electron chi connectivity index (χ0n) is 12.8. The van der Waals surface area contributed by atoms with Crippen LogP contribution in [0.15, 0.2) is 30.3 Å². The van der Waals surface area contributed by atoms with Gasteiger partial charge in [0.15, 0.2) is 0 Å². The Bertz CT molecular complexity index is 425. The molecule has 1 aromatic rings. The van der Waals surface area contributed by atoms with E-state index >= 15 is 0 Å². The van der Waals surface area contributed by atoms with E-state index in [1.807, 2.05) is 35.2 Å². The Balaban J connectivity index is 1.75. The summed E-state index contributed by atoms with van der Waals surface area (Å²) < 4.78 is 5.12. The molecule has 2 rings (SSSR count). The number of anilines is 1. The summed E-state index contributed by atoms with van der Waals surface area (Å²) in [5.74, 6) is 0.174. The van der Waals surface area contributed by atoms with Gasteiger partial charge in [-0.1, -0.05) is 18.2 Å². The van der Waals surface area contributed by atoms with Crippen LogP contribution in [0.5, 0.6) is 0 Å². The first-order chi connectivity index (χ1) is 10.3. The first kappa shape index (κ1) is 15.8. The van der Waals surface area contributed by atoms with Crippen LogP contribution >= 0.6 is 0 Å². The minimum Gasteiger partial charge on any atom is -0.383 e. The van der Waals surface area contributed by atoms with Gasteiger partial charge in [0.2, 0.25) is 5.91 Å². The number of methoxy groups -OCH3 is 1. The lowest BCUT2D eigenvalue weighted by atomic mass is 10.3. The van der Waals surface area contributed by atoms with Crippen LogP contribution in [0.1, 0.15) is 6.42 Å². The number of carbonyl (C=O) groups is 1. The van der Waals surface area contributed by atoms with Crippen LogP contribution in [-0.4, -0.2) is 68.7 Å². The van der Waals surface area contributed by atoms with E-state index in [1.54, 1.807) is 7.11 Å². The van der Waals surface area contributed by atoms with Gasteiger partial charge in [0.05, 0.1) is 13.2 Å². The van der Waals surface area contributed by atoms with E-state index in [4.69, 9.17) is 4.74 Å². The fourth-order valence-corrected chi connectivity index (χ4v) is 2.51. The maximum atomic E-state index is 12.3. The van der Waals surface area contributed by atoms with Crippen molar-refractivity contribution in [2.24, 2.45) is 0 Å². The molecule has 0 bridgehead atoms. The first-order valence-electron chi connectivity index (χ1n) is 7.57. The summed E-state index contributed by atoms with van der Waals surface area (Å²) in [4.78, 5) is 16.6. The van der Waals surface area contributed by atoms with E-state index in [1.165, 1.54) is 0 Å². The Morgan fingerprint density at radius 1 is 1.19 bits per heavy atom. The lowest BCUT2D eigenvalue weighted by Gasteiger charge is -2.22. The molecule has 0 aromatic heterocycles. The minimum atomic E-state index is 0.174. The van der Waals surface area contributed by atoms with E-state index in [0.29, 0.717) is 6.54 Å². The molecule has 0 saturated carbocycles. The third-order valence-electron chi connectivity index (χ3n) is 3.77. The highest BCUT2D eigenvalue weighted by Crippen LogP contribution is 2.06. The molecule has 1 aromatic carbocycles. The van der Waals surface area contributed by atoms with Crippen molar-refractivity contribution >= 4 is 11.6 Å². The number of nitrogens with one attached hydrogen (secondary N) is 1. The van der Waals surface area contributed by atoms with Gasteiger partial charge >= 0.3 is 0 Å². The van der Waals surface area contributed by atoms with Crippen molar-refractivity contribution in [3.8, 4) is 0 Å². The Morgan fingerprint density at radius 3 is 2.76 bits per heavy atom. The summed E-state index contributed by atoms with van der Waals surface area (Å²) in [5, 5.41) is 3.18. The Morgan fingerprint density at radius 2 is 2.00 bits per heavy atom. The standard InChI is InChI=1S/C16H25N3O2/c1-21-13-12-18-8-5-9-19(11-10-18)16(20)14-17-15-6-3-2-4-7-15/h2-4,6-7,17H,5,8-14H2,1H3. The number of ether oxygens (including phenoxy) is 1.